The maximum absolute atomic E-state index is 5.28. The average Bonchev–Trinajstić information content (AvgIpc) is 3.32. The van der Waals surface area contributed by atoms with Gasteiger partial charge in [0.1, 0.15) is 11.6 Å². The molecule has 2 fully saturated rings. The fourth-order valence-electron chi connectivity index (χ4n) is 4.54. The minimum atomic E-state index is 0.531. The maximum Gasteiger partial charge on any atom is 0.228 e. The lowest BCUT2D eigenvalue weighted by atomic mass is 10.2. The quantitative estimate of drug-likeness (QED) is 0.685. The Hall–Kier alpha value is -3.02. The van der Waals surface area contributed by atoms with Crippen LogP contribution < -0.4 is 19.9 Å². The molecule has 1 aliphatic heterocycles. The lowest BCUT2D eigenvalue weighted by Gasteiger charge is -2.36. The molecule has 30 heavy (non-hydrogen) atoms. The highest BCUT2D eigenvalue weighted by atomic mass is 16.5. The van der Waals surface area contributed by atoms with E-state index < -0.39 is 0 Å². The molecule has 1 saturated heterocycles. The molecule has 0 bridgehead atoms. The molecule has 156 valence electrons. The number of ether oxygens (including phenoxy) is 1. The van der Waals surface area contributed by atoms with Gasteiger partial charge in [0.25, 0.3) is 0 Å². The minimum Gasteiger partial charge on any atom is -0.497 e. The zero-order valence-corrected chi connectivity index (χ0v) is 17.6. The third-order valence-electron chi connectivity index (χ3n) is 6.29. The first kappa shape index (κ1) is 19.0. The van der Waals surface area contributed by atoms with Crippen LogP contribution in [0.25, 0.3) is 10.9 Å². The van der Waals surface area contributed by atoms with Crippen LogP contribution in [0, 0.1) is 0 Å². The first-order valence-electron chi connectivity index (χ1n) is 11.0. The first-order chi connectivity index (χ1) is 14.8. The van der Waals surface area contributed by atoms with E-state index in [1.165, 1.54) is 31.4 Å². The second kappa shape index (κ2) is 8.38. The summed E-state index contributed by atoms with van der Waals surface area (Å²) < 4.78 is 5.28. The Bertz CT molecular complexity index is 992. The molecule has 2 aliphatic rings. The number of fused-ring (bicyclic) bond motifs is 1. The number of nitrogens with one attached hydrogen (secondary N) is 1. The van der Waals surface area contributed by atoms with Gasteiger partial charge in [-0.05, 0) is 49.2 Å². The van der Waals surface area contributed by atoms with Crippen molar-refractivity contribution >= 4 is 28.4 Å². The van der Waals surface area contributed by atoms with E-state index in [9.17, 15) is 0 Å². The Morgan fingerprint density at radius 3 is 2.30 bits per heavy atom. The fraction of sp³-hybridized carbons (Fsp3) is 0.417. The van der Waals surface area contributed by atoms with Crippen LogP contribution in [0.1, 0.15) is 25.7 Å². The van der Waals surface area contributed by atoms with Gasteiger partial charge in [0.05, 0.1) is 12.6 Å². The molecule has 0 radical (unpaired) electrons. The molecule has 2 aromatic carbocycles. The van der Waals surface area contributed by atoms with E-state index in [0.29, 0.717) is 6.04 Å². The standard InChI is InChI=1S/C24H29N5O/c1-30-20-12-10-19(11-13-20)28-14-16-29(17-15-28)24-26-22-9-5-4-8-21(22)23(27-24)25-18-6-2-3-7-18/h4-5,8-13,18H,2-3,6-7,14-17H2,1H3,(H,25,26,27). The smallest absolute Gasteiger partial charge is 0.228 e. The average molecular weight is 404 g/mol. The van der Waals surface area contributed by atoms with Crippen LogP contribution in [-0.4, -0.2) is 49.3 Å². The number of rotatable bonds is 5. The summed E-state index contributed by atoms with van der Waals surface area (Å²) in [7, 11) is 1.70. The van der Waals surface area contributed by atoms with E-state index >= 15 is 0 Å². The lowest BCUT2D eigenvalue weighted by Crippen LogP contribution is -2.47. The Morgan fingerprint density at radius 2 is 1.57 bits per heavy atom. The summed E-state index contributed by atoms with van der Waals surface area (Å²) in [6, 6.07) is 17.2. The number of anilines is 3. The molecule has 1 N–H and O–H groups in total. The second-order valence-electron chi connectivity index (χ2n) is 8.19. The lowest BCUT2D eigenvalue weighted by molar-refractivity contribution is 0.415. The summed E-state index contributed by atoms with van der Waals surface area (Å²) in [5.74, 6) is 2.72. The molecule has 1 aromatic heterocycles. The molecule has 6 nitrogen and oxygen atoms in total. The number of para-hydroxylation sites is 1. The summed E-state index contributed by atoms with van der Waals surface area (Å²) in [5, 5.41) is 4.82. The molecule has 2 heterocycles. The molecule has 1 aliphatic carbocycles. The Balaban J connectivity index is 1.34. The van der Waals surface area contributed by atoms with Crippen LogP contribution in [0.5, 0.6) is 5.75 Å². The molecule has 3 aromatic rings. The Kier molecular flexibility index (Phi) is 5.30. The molecule has 0 unspecified atom stereocenters. The SMILES string of the molecule is COc1ccc(N2CCN(c3nc(NC4CCCC4)c4ccccc4n3)CC2)cc1. The van der Waals surface area contributed by atoms with E-state index in [0.717, 1.165) is 54.6 Å². The molecular formula is C24H29N5O. The zero-order chi connectivity index (χ0) is 20.3. The van der Waals surface area contributed by atoms with Crippen LogP contribution in [0.15, 0.2) is 48.5 Å². The molecule has 1 saturated carbocycles. The maximum atomic E-state index is 5.28. The van der Waals surface area contributed by atoms with E-state index in [4.69, 9.17) is 14.7 Å². The zero-order valence-electron chi connectivity index (χ0n) is 17.6. The van der Waals surface area contributed by atoms with Gasteiger partial charge in [-0.1, -0.05) is 25.0 Å². The summed E-state index contributed by atoms with van der Waals surface area (Å²) in [5.41, 5.74) is 2.25. The highest BCUT2D eigenvalue weighted by Gasteiger charge is 2.22. The normalized spacial score (nSPS) is 17.5. The number of benzene rings is 2. The van der Waals surface area contributed by atoms with Gasteiger partial charge in [0, 0.05) is 43.3 Å². The van der Waals surface area contributed by atoms with Crippen LogP contribution in [0.3, 0.4) is 0 Å². The van der Waals surface area contributed by atoms with Crippen LogP contribution in [0.4, 0.5) is 17.5 Å². The number of aromatic nitrogens is 2. The van der Waals surface area contributed by atoms with Crippen molar-refractivity contribution < 1.29 is 4.74 Å². The van der Waals surface area contributed by atoms with Gasteiger partial charge in [-0.15, -0.1) is 0 Å². The van der Waals surface area contributed by atoms with Crippen molar-refractivity contribution in [2.24, 2.45) is 0 Å². The third-order valence-corrected chi connectivity index (χ3v) is 6.29. The van der Waals surface area contributed by atoms with Crippen molar-refractivity contribution in [2.75, 3.05) is 48.4 Å². The van der Waals surface area contributed by atoms with Gasteiger partial charge < -0.3 is 19.9 Å². The summed E-state index contributed by atoms with van der Waals surface area (Å²) >= 11 is 0. The van der Waals surface area contributed by atoms with E-state index in [1.807, 2.05) is 12.1 Å². The van der Waals surface area contributed by atoms with Crippen LogP contribution in [0.2, 0.25) is 0 Å². The van der Waals surface area contributed by atoms with Gasteiger partial charge in [-0.25, -0.2) is 4.98 Å². The number of methoxy groups -OCH3 is 1. The summed E-state index contributed by atoms with van der Waals surface area (Å²) in [6.07, 6.45) is 5.07. The van der Waals surface area contributed by atoms with Crippen molar-refractivity contribution in [1.29, 1.82) is 0 Å². The summed E-state index contributed by atoms with van der Waals surface area (Å²) in [6.45, 7) is 3.72. The largest absolute Gasteiger partial charge is 0.497 e. The Morgan fingerprint density at radius 1 is 0.867 bits per heavy atom. The first-order valence-corrected chi connectivity index (χ1v) is 11.0. The predicted molar refractivity (Wildman–Crippen MR) is 123 cm³/mol. The highest BCUT2D eigenvalue weighted by molar-refractivity contribution is 5.90. The topological polar surface area (TPSA) is 53.5 Å². The van der Waals surface area contributed by atoms with Gasteiger partial charge in [-0.2, -0.15) is 4.98 Å². The van der Waals surface area contributed by atoms with E-state index in [1.54, 1.807) is 7.11 Å². The highest BCUT2D eigenvalue weighted by Crippen LogP contribution is 2.28. The van der Waals surface area contributed by atoms with Crippen molar-refractivity contribution in [3.8, 4) is 5.75 Å². The van der Waals surface area contributed by atoms with Crippen LogP contribution >= 0.6 is 0 Å². The fourth-order valence-corrected chi connectivity index (χ4v) is 4.54. The minimum absolute atomic E-state index is 0.531. The van der Waals surface area contributed by atoms with Crippen molar-refractivity contribution in [1.82, 2.24) is 9.97 Å². The van der Waals surface area contributed by atoms with Gasteiger partial charge in [0.2, 0.25) is 5.95 Å². The van der Waals surface area contributed by atoms with Crippen LogP contribution in [-0.2, 0) is 0 Å². The van der Waals surface area contributed by atoms with Crippen molar-refractivity contribution in [3.63, 3.8) is 0 Å². The van der Waals surface area contributed by atoms with Crippen molar-refractivity contribution in [3.05, 3.63) is 48.5 Å². The molecule has 5 rings (SSSR count). The molecule has 0 spiro atoms. The van der Waals surface area contributed by atoms with Gasteiger partial charge in [-0.3, -0.25) is 0 Å². The Labute approximate surface area is 177 Å². The molecule has 0 amide bonds. The third kappa shape index (κ3) is 3.86. The molecule has 0 atom stereocenters. The molecular weight excluding hydrogens is 374 g/mol. The summed E-state index contributed by atoms with van der Waals surface area (Å²) in [4.78, 5) is 14.6. The number of piperazine rings is 1. The monoisotopic (exact) mass is 403 g/mol. The number of hydrogen-bond donors (Lipinski definition) is 1. The molecule has 6 heteroatoms. The van der Waals surface area contributed by atoms with Gasteiger partial charge >= 0.3 is 0 Å². The van der Waals surface area contributed by atoms with E-state index in [2.05, 4.69) is 51.5 Å². The number of hydrogen-bond acceptors (Lipinski definition) is 6. The van der Waals surface area contributed by atoms with Gasteiger partial charge in [0.15, 0.2) is 0 Å². The second-order valence-corrected chi connectivity index (χ2v) is 8.19. The van der Waals surface area contributed by atoms with E-state index in [-0.39, 0.29) is 0 Å². The number of nitrogens with zero attached hydrogens (tertiary/aromatic N) is 4. The predicted octanol–water partition coefficient (Wildman–Crippen LogP) is 4.32. The van der Waals surface area contributed by atoms with Crippen molar-refractivity contribution in [2.45, 2.75) is 31.7 Å².